The Hall–Kier alpha value is -0.830. The average Bonchev–Trinajstić information content (AvgIpc) is 2.82. The largest absolute Gasteiger partial charge is 0.351 e. The van der Waals surface area contributed by atoms with Gasteiger partial charge in [-0.05, 0) is 31.6 Å². The molecule has 3 nitrogen and oxygen atoms in total. The first-order chi connectivity index (χ1) is 8.13. The Bertz CT molecular complexity index is 257. The van der Waals surface area contributed by atoms with Crippen LogP contribution in [0.2, 0.25) is 0 Å². The second kappa shape index (κ2) is 6.80. The molecule has 2 N–H and O–H groups in total. The van der Waals surface area contributed by atoms with Crippen molar-refractivity contribution in [2.45, 2.75) is 52.0 Å². The summed E-state index contributed by atoms with van der Waals surface area (Å²) in [6, 6.07) is -0.112. The standard InChI is InChI=1S/C14H26N2O/c1-4-10-15-13(17)12(3)16-11-14(5-2)8-6-7-9-14/h4,12,16H,1,5-11H2,2-3H3,(H,15,17). The van der Waals surface area contributed by atoms with Gasteiger partial charge in [-0.2, -0.15) is 0 Å². The van der Waals surface area contributed by atoms with Gasteiger partial charge in [-0.15, -0.1) is 6.58 Å². The fraction of sp³-hybridized carbons (Fsp3) is 0.786. The molecule has 0 aromatic rings. The summed E-state index contributed by atoms with van der Waals surface area (Å²) >= 11 is 0. The fourth-order valence-electron chi connectivity index (χ4n) is 2.57. The molecule has 0 aromatic heterocycles. The fourth-order valence-corrected chi connectivity index (χ4v) is 2.57. The van der Waals surface area contributed by atoms with Gasteiger partial charge < -0.3 is 10.6 Å². The normalized spacial score (nSPS) is 19.9. The molecule has 0 radical (unpaired) electrons. The molecule has 1 unspecified atom stereocenters. The minimum atomic E-state index is -0.112. The Morgan fingerprint density at radius 2 is 2.12 bits per heavy atom. The highest BCUT2D eigenvalue weighted by molar-refractivity contribution is 5.81. The summed E-state index contributed by atoms with van der Waals surface area (Å²) in [5.74, 6) is 0.0640. The van der Waals surface area contributed by atoms with E-state index >= 15 is 0 Å². The summed E-state index contributed by atoms with van der Waals surface area (Å²) < 4.78 is 0. The summed E-state index contributed by atoms with van der Waals surface area (Å²) in [5, 5.41) is 6.20. The van der Waals surface area contributed by atoms with Crippen molar-refractivity contribution in [3.05, 3.63) is 12.7 Å². The minimum absolute atomic E-state index is 0.0640. The van der Waals surface area contributed by atoms with Crippen LogP contribution < -0.4 is 10.6 Å². The van der Waals surface area contributed by atoms with Crippen LogP contribution in [-0.2, 0) is 4.79 Å². The summed E-state index contributed by atoms with van der Waals surface area (Å²) in [4.78, 5) is 11.7. The number of rotatable bonds is 7. The maximum Gasteiger partial charge on any atom is 0.237 e. The molecular formula is C14H26N2O. The molecule has 0 aromatic carbocycles. The van der Waals surface area contributed by atoms with Crippen molar-refractivity contribution < 1.29 is 4.79 Å². The number of hydrogen-bond donors (Lipinski definition) is 2. The van der Waals surface area contributed by atoms with E-state index in [0.29, 0.717) is 12.0 Å². The van der Waals surface area contributed by atoms with Crippen LogP contribution >= 0.6 is 0 Å². The lowest BCUT2D eigenvalue weighted by Crippen LogP contribution is -2.45. The molecule has 1 amide bonds. The van der Waals surface area contributed by atoms with Crippen molar-refractivity contribution in [1.29, 1.82) is 0 Å². The SMILES string of the molecule is C=CCNC(=O)C(C)NCC1(CC)CCCC1. The monoisotopic (exact) mass is 238 g/mol. The smallest absolute Gasteiger partial charge is 0.237 e. The van der Waals surface area contributed by atoms with Gasteiger partial charge in [0.25, 0.3) is 0 Å². The predicted molar refractivity (Wildman–Crippen MR) is 71.9 cm³/mol. The van der Waals surface area contributed by atoms with Crippen molar-refractivity contribution in [3.8, 4) is 0 Å². The van der Waals surface area contributed by atoms with E-state index in [-0.39, 0.29) is 11.9 Å². The molecule has 0 saturated heterocycles. The quantitative estimate of drug-likeness (QED) is 0.668. The van der Waals surface area contributed by atoms with E-state index in [2.05, 4.69) is 24.1 Å². The summed E-state index contributed by atoms with van der Waals surface area (Å²) in [7, 11) is 0. The summed E-state index contributed by atoms with van der Waals surface area (Å²) in [6.45, 7) is 9.29. The zero-order valence-corrected chi connectivity index (χ0v) is 11.2. The minimum Gasteiger partial charge on any atom is -0.351 e. The molecule has 1 aliphatic rings. The lowest BCUT2D eigenvalue weighted by atomic mass is 9.83. The number of amides is 1. The molecule has 1 rings (SSSR count). The van der Waals surface area contributed by atoms with Crippen LogP contribution in [0.1, 0.15) is 46.0 Å². The van der Waals surface area contributed by atoms with Crippen LogP contribution in [0.15, 0.2) is 12.7 Å². The number of carbonyl (C=O) groups is 1. The zero-order valence-electron chi connectivity index (χ0n) is 11.2. The van der Waals surface area contributed by atoms with E-state index < -0.39 is 0 Å². The van der Waals surface area contributed by atoms with Gasteiger partial charge in [0.1, 0.15) is 0 Å². The van der Waals surface area contributed by atoms with Crippen molar-refractivity contribution >= 4 is 5.91 Å². The van der Waals surface area contributed by atoms with Crippen LogP contribution in [0, 0.1) is 5.41 Å². The Kier molecular flexibility index (Phi) is 5.69. The number of nitrogens with one attached hydrogen (secondary N) is 2. The lowest BCUT2D eigenvalue weighted by molar-refractivity contribution is -0.122. The molecule has 1 saturated carbocycles. The van der Waals surface area contributed by atoms with Gasteiger partial charge >= 0.3 is 0 Å². The third-order valence-corrected chi connectivity index (χ3v) is 4.01. The Balaban J connectivity index is 2.33. The highest BCUT2D eigenvalue weighted by atomic mass is 16.2. The molecule has 1 aliphatic carbocycles. The highest BCUT2D eigenvalue weighted by Crippen LogP contribution is 2.40. The number of carbonyl (C=O) groups excluding carboxylic acids is 1. The molecular weight excluding hydrogens is 212 g/mol. The van der Waals surface area contributed by atoms with Gasteiger partial charge in [0, 0.05) is 13.1 Å². The van der Waals surface area contributed by atoms with Crippen molar-refractivity contribution in [1.82, 2.24) is 10.6 Å². The molecule has 98 valence electrons. The van der Waals surface area contributed by atoms with E-state index in [1.54, 1.807) is 6.08 Å². The van der Waals surface area contributed by atoms with E-state index in [1.165, 1.54) is 32.1 Å². The first-order valence-electron chi connectivity index (χ1n) is 6.75. The summed E-state index contributed by atoms with van der Waals surface area (Å²) in [6.07, 6.45) is 8.20. The highest BCUT2D eigenvalue weighted by Gasteiger charge is 2.32. The molecule has 3 heteroatoms. The van der Waals surface area contributed by atoms with Gasteiger partial charge in [0.05, 0.1) is 6.04 Å². The Morgan fingerprint density at radius 3 is 2.65 bits per heavy atom. The van der Waals surface area contributed by atoms with E-state index in [1.807, 2.05) is 6.92 Å². The first kappa shape index (κ1) is 14.2. The van der Waals surface area contributed by atoms with E-state index in [0.717, 1.165) is 6.54 Å². The van der Waals surface area contributed by atoms with Gasteiger partial charge in [0.2, 0.25) is 5.91 Å². The molecule has 1 fully saturated rings. The molecule has 0 bridgehead atoms. The lowest BCUT2D eigenvalue weighted by Gasteiger charge is -2.29. The number of hydrogen-bond acceptors (Lipinski definition) is 2. The third kappa shape index (κ3) is 4.15. The Labute approximate surface area is 105 Å². The molecule has 0 heterocycles. The third-order valence-electron chi connectivity index (χ3n) is 4.01. The summed E-state index contributed by atoms with van der Waals surface area (Å²) in [5.41, 5.74) is 0.437. The van der Waals surface area contributed by atoms with Crippen LogP contribution in [0.3, 0.4) is 0 Å². The average molecular weight is 238 g/mol. The maximum atomic E-state index is 11.7. The van der Waals surface area contributed by atoms with Crippen molar-refractivity contribution in [2.75, 3.05) is 13.1 Å². The molecule has 0 spiro atoms. The van der Waals surface area contributed by atoms with Gasteiger partial charge in [-0.25, -0.2) is 0 Å². The van der Waals surface area contributed by atoms with E-state index in [4.69, 9.17) is 0 Å². The van der Waals surface area contributed by atoms with Crippen LogP contribution in [0.4, 0.5) is 0 Å². The van der Waals surface area contributed by atoms with Gasteiger partial charge in [0.15, 0.2) is 0 Å². The van der Waals surface area contributed by atoms with Gasteiger partial charge in [-0.1, -0.05) is 25.8 Å². The van der Waals surface area contributed by atoms with Crippen LogP contribution in [0.5, 0.6) is 0 Å². The van der Waals surface area contributed by atoms with Crippen LogP contribution in [-0.4, -0.2) is 25.0 Å². The van der Waals surface area contributed by atoms with E-state index in [9.17, 15) is 4.79 Å². The zero-order chi connectivity index (χ0) is 12.7. The second-order valence-corrected chi connectivity index (χ2v) is 5.20. The molecule has 0 aliphatic heterocycles. The second-order valence-electron chi connectivity index (χ2n) is 5.20. The topological polar surface area (TPSA) is 41.1 Å². The Morgan fingerprint density at radius 1 is 1.47 bits per heavy atom. The van der Waals surface area contributed by atoms with Gasteiger partial charge in [-0.3, -0.25) is 4.79 Å². The van der Waals surface area contributed by atoms with Crippen molar-refractivity contribution in [2.24, 2.45) is 5.41 Å². The predicted octanol–water partition coefficient (Wildman–Crippen LogP) is 2.24. The van der Waals surface area contributed by atoms with Crippen molar-refractivity contribution in [3.63, 3.8) is 0 Å². The first-order valence-corrected chi connectivity index (χ1v) is 6.75. The molecule has 17 heavy (non-hydrogen) atoms. The van der Waals surface area contributed by atoms with Crippen LogP contribution in [0.25, 0.3) is 0 Å². The maximum absolute atomic E-state index is 11.7. The molecule has 1 atom stereocenters.